The van der Waals surface area contributed by atoms with Crippen molar-refractivity contribution in [1.29, 1.82) is 0 Å². The van der Waals surface area contributed by atoms with E-state index in [4.69, 9.17) is 19.9 Å². The van der Waals surface area contributed by atoms with Crippen molar-refractivity contribution >= 4 is 11.7 Å². The van der Waals surface area contributed by atoms with Crippen LogP contribution in [0.4, 0.5) is 0 Å². The van der Waals surface area contributed by atoms with Crippen molar-refractivity contribution in [3.8, 4) is 11.5 Å². The molecule has 0 fully saturated rings. The molecule has 0 bridgehead atoms. The van der Waals surface area contributed by atoms with Crippen LogP contribution in [0.3, 0.4) is 0 Å². The largest absolute Gasteiger partial charge is 0.493 e. The van der Waals surface area contributed by atoms with E-state index in [-0.39, 0.29) is 34.9 Å². The average Bonchev–Trinajstić information content (AvgIpc) is 2.91. The molecule has 8 heteroatoms. The number of rotatable bonds is 22. The van der Waals surface area contributed by atoms with Gasteiger partial charge in [-0.15, -0.1) is 0 Å². The van der Waals surface area contributed by atoms with E-state index in [0.717, 1.165) is 24.8 Å². The van der Waals surface area contributed by atoms with Gasteiger partial charge >= 0.3 is 0 Å². The molecule has 0 aromatic heterocycles. The van der Waals surface area contributed by atoms with Crippen LogP contribution in [0.1, 0.15) is 92.6 Å². The lowest BCUT2D eigenvalue weighted by molar-refractivity contribution is -0.129. The van der Waals surface area contributed by atoms with Crippen molar-refractivity contribution in [3.63, 3.8) is 0 Å². The molecule has 0 heterocycles. The number of carbonyl (C=O) groups excluding carboxylic acids is 2. The van der Waals surface area contributed by atoms with Crippen LogP contribution in [0, 0.1) is 29.1 Å². The second-order valence-corrected chi connectivity index (χ2v) is 13.3. The summed E-state index contributed by atoms with van der Waals surface area (Å²) in [4.78, 5) is 25.3. The Balaban J connectivity index is 2.84. The first-order valence-corrected chi connectivity index (χ1v) is 15.8. The second kappa shape index (κ2) is 19.2. The third-order valence-electron chi connectivity index (χ3n) is 8.07. The number of aliphatic hydroxyl groups is 1. The lowest BCUT2D eigenvalue weighted by Crippen LogP contribution is -2.44. The molecule has 242 valence electrons. The Hall–Kier alpha value is -2.16. The normalized spacial score (nSPS) is 14.9. The summed E-state index contributed by atoms with van der Waals surface area (Å²) >= 11 is 0. The fourth-order valence-electron chi connectivity index (χ4n) is 5.28. The topological polar surface area (TPSA) is 120 Å². The monoisotopic (exact) mass is 592 g/mol. The molecule has 1 aromatic rings. The summed E-state index contributed by atoms with van der Waals surface area (Å²) in [5, 5.41) is 14.2. The van der Waals surface area contributed by atoms with Crippen LogP contribution >= 0.6 is 0 Å². The van der Waals surface area contributed by atoms with Gasteiger partial charge in [0.25, 0.3) is 0 Å². The summed E-state index contributed by atoms with van der Waals surface area (Å²) < 4.78 is 16.6. The molecular weight excluding hydrogens is 532 g/mol. The molecule has 0 radical (unpaired) electrons. The molecule has 0 saturated carbocycles. The molecular formula is C34H60N2O6. The number of ether oxygens (including phenoxy) is 3. The van der Waals surface area contributed by atoms with Crippen LogP contribution in [-0.4, -0.2) is 62.9 Å². The van der Waals surface area contributed by atoms with Gasteiger partial charge in [0.1, 0.15) is 5.78 Å². The molecule has 8 nitrogen and oxygen atoms in total. The van der Waals surface area contributed by atoms with Gasteiger partial charge in [0.05, 0.1) is 19.8 Å². The van der Waals surface area contributed by atoms with Gasteiger partial charge < -0.3 is 30.4 Å². The molecule has 1 amide bonds. The molecule has 1 rings (SSSR count). The number of aliphatic hydroxyl groups excluding tert-OH is 1. The number of hydrogen-bond acceptors (Lipinski definition) is 7. The molecule has 1 aromatic carbocycles. The first kappa shape index (κ1) is 37.9. The minimum atomic E-state index is -0.806. The molecule has 0 unspecified atom stereocenters. The van der Waals surface area contributed by atoms with Gasteiger partial charge in [0.2, 0.25) is 5.91 Å². The predicted octanol–water partition coefficient (Wildman–Crippen LogP) is 5.57. The highest BCUT2D eigenvalue weighted by Gasteiger charge is 2.31. The predicted molar refractivity (Wildman–Crippen MR) is 170 cm³/mol. The van der Waals surface area contributed by atoms with E-state index in [1.165, 1.54) is 0 Å². The van der Waals surface area contributed by atoms with E-state index in [1.807, 2.05) is 46.8 Å². The average molecular weight is 593 g/mol. The number of nitrogens with one attached hydrogen (secondary N) is 1. The molecule has 0 aliphatic rings. The minimum Gasteiger partial charge on any atom is -0.493 e. The zero-order valence-corrected chi connectivity index (χ0v) is 27.8. The molecule has 0 aliphatic carbocycles. The minimum absolute atomic E-state index is 0.0409. The molecule has 4 atom stereocenters. The van der Waals surface area contributed by atoms with Crippen LogP contribution in [0.2, 0.25) is 0 Å². The van der Waals surface area contributed by atoms with E-state index >= 15 is 0 Å². The van der Waals surface area contributed by atoms with Crippen molar-refractivity contribution in [2.45, 2.75) is 106 Å². The summed E-state index contributed by atoms with van der Waals surface area (Å²) in [6.07, 6.45) is 3.54. The third-order valence-corrected chi connectivity index (χ3v) is 8.07. The van der Waals surface area contributed by atoms with E-state index in [2.05, 4.69) is 25.2 Å². The van der Waals surface area contributed by atoms with E-state index < -0.39 is 12.1 Å². The quantitative estimate of drug-likeness (QED) is 0.151. The fourth-order valence-corrected chi connectivity index (χ4v) is 5.28. The maximum Gasteiger partial charge on any atom is 0.223 e. The SMILES string of the molecule is CCCC(=O)CC(C)(C)CNC(=O)[C@@H](C[C@H](O)[C@@H](N)C[C@H](Cc1ccc(OC)c(OCCCOC)c1)C(C)C)C(C)C. The van der Waals surface area contributed by atoms with E-state index in [0.29, 0.717) is 62.9 Å². The number of hydrogen-bond donors (Lipinski definition) is 3. The lowest BCUT2D eigenvalue weighted by atomic mass is 9.80. The first-order valence-electron chi connectivity index (χ1n) is 15.8. The Morgan fingerprint density at radius 2 is 1.71 bits per heavy atom. The first-order chi connectivity index (χ1) is 19.7. The molecule has 0 aliphatic heterocycles. The van der Waals surface area contributed by atoms with Crippen LogP contribution < -0.4 is 20.5 Å². The van der Waals surface area contributed by atoms with E-state index in [1.54, 1.807) is 14.2 Å². The summed E-state index contributed by atoms with van der Waals surface area (Å²) in [5.74, 6) is 1.78. The molecule has 42 heavy (non-hydrogen) atoms. The van der Waals surface area contributed by atoms with Gasteiger partial charge in [-0.05, 0) is 66.5 Å². The maximum absolute atomic E-state index is 13.2. The maximum atomic E-state index is 13.2. The third kappa shape index (κ3) is 13.9. The van der Waals surface area contributed by atoms with Crippen LogP contribution in [-0.2, 0) is 20.7 Å². The van der Waals surface area contributed by atoms with Gasteiger partial charge in [-0.3, -0.25) is 9.59 Å². The number of amides is 1. The van der Waals surface area contributed by atoms with Crippen molar-refractivity contribution in [3.05, 3.63) is 23.8 Å². The number of nitrogens with two attached hydrogens (primary N) is 1. The Labute approximate surface area is 255 Å². The number of ketones is 1. The second-order valence-electron chi connectivity index (χ2n) is 13.3. The summed E-state index contributed by atoms with van der Waals surface area (Å²) in [6, 6.07) is 5.55. The van der Waals surface area contributed by atoms with Gasteiger partial charge in [-0.2, -0.15) is 0 Å². The molecule has 0 saturated heterocycles. The number of Topliss-reactive ketones (excluding diaryl/α,β-unsaturated/α-hetero) is 1. The standard InChI is InChI=1S/C34H60N2O6/c1-10-12-27(37)21-34(6,7)22-36-33(39)28(24(4)5)20-30(38)29(35)19-26(23(2)3)17-25-13-14-31(41-9)32(18-25)42-16-11-15-40-8/h13-14,18,23-24,26,28-30,38H,10-12,15-17,19-22,35H2,1-9H3,(H,36,39)/t26-,28-,29-,30-/m0/s1. The Kier molecular flexibility index (Phi) is 17.3. The Bertz CT molecular complexity index is 933. The van der Waals surface area contributed by atoms with Crippen LogP contribution in [0.5, 0.6) is 11.5 Å². The van der Waals surface area contributed by atoms with Crippen molar-refractivity contribution in [1.82, 2.24) is 5.32 Å². The summed E-state index contributed by atoms with van der Waals surface area (Å²) in [7, 11) is 3.31. The van der Waals surface area contributed by atoms with Crippen molar-refractivity contribution in [2.75, 3.05) is 34.0 Å². The smallest absolute Gasteiger partial charge is 0.223 e. The Morgan fingerprint density at radius 1 is 1.02 bits per heavy atom. The zero-order valence-electron chi connectivity index (χ0n) is 27.8. The van der Waals surface area contributed by atoms with Crippen molar-refractivity contribution in [2.24, 2.45) is 34.8 Å². The van der Waals surface area contributed by atoms with Gasteiger partial charge in [0.15, 0.2) is 11.5 Å². The highest BCUT2D eigenvalue weighted by Crippen LogP contribution is 2.32. The number of methoxy groups -OCH3 is 2. The number of carbonyl (C=O) groups is 2. The summed E-state index contributed by atoms with van der Waals surface area (Å²) in [5.41, 5.74) is 7.38. The van der Waals surface area contributed by atoms with Gasteiger partial charge in [-0.25, -0.2) is 0 Å². The number of benzene rings is 1. The van der Waals surface area contributed by atoms with Crippen molar-refractivity contribution < 1.29 is 28.9 Å². The zero-order chi connectivity index (χ0) is 31.9. The Morgan fingerprint density at radius 3 is 2.29 bits per heavy atom. The van der Waals surface area contributed by atoms with Gasteiger partial charge in [-0.1, -0.05) is 54.5 Å². The molecule has 0 spiro atoms. The highest BCUT2D eigenvalue weighted by molar-refractivity contribution is 5.80. The summed E-state index contributed by atoms with van der Waals surface area (Å²) in [6.45, 7) is 15.9. The fraction of sp³-hybridized carbons (Fsp3) is 0.765. The molecule has 4 N–H and O–H groups in total. The van der Waals surface area contributed by atoms with E-state index in [9.17, 15) is 14.7 Å². The van der Waals surface area contributed by atoms with Crippen LogP contribution in [0.15, 0.2) is 18.2 Å². The van der Waals surface area contributed by atoms with Crippen LogP contribution in [0.25, 0.3) is 0 Å². The highest BCUT2D eigenvalue weighted by atomic mass is 16.5. The van der Waals surface area contributed by atoms with Gasteiger partial charge in [0, 0.05) is 51.5 Å². The lowest BCUT2D eigenvalue weighted by Gasteiger charge is -2.31.